The van der Waals surface area contributed by atoms with Gasteiger partial charge < -0.3 is 15.5 Å². The second kappa shape index (κ2) is 6.59. The van der Waals surface area contributed by atoms with Crippen molar-refractivity contribution in [1.82, 2.24) is 0 Å². The van der Waals surface area contributed by atoms with E-state index in [1.54, 1.807) is 12.3 Å². The van der Waals surface area contributed by atoms with Gasteiger partial charge in [0.1, 0.15) is 5.82 Å². The average molecular weight is 337 g/mol. The molecule has 0 unspecified atom stereocenters. The number of nitrogens with one attached hydrogen (secondary N) is 2. The maximum Gasteiger partial charge on any atom is 0.257 e. The van der Waals surface area contributed by atoms with E-state index in [-0.39, 0.29) is 11.7 Å². The molecule has 5 heteroatoms. The minimum Gasteiger partial charge on any atom is -0.372 e. The Hall–Kier alpha value is -2.82. The maximum atomic E-state index is 13.5. The molecule has 1 amide bonds. The van der Waals surface area contributed by atoms with E-state index in [4.69, 9.17) is 0 Å². The first kappa shape index (κ1) is 15.7. The van der Waals surface area contributed by atoms with Gasteiger partial charge in [-0.15, -0.1) is 0 Å². The van der Waals surface area contributed by atoms with Gasteiger partial charge in [-0.05, 0) is 61.7 Å². The molecule has 0 saturated carbocycles. The molecule has 0 bridgehead atoms. The number of fused-ring (bicyclic) bond motifs is 1. The van der Waals surface area contributed by atoms with Crippen LogP contribution < -0.4 is 15.5 Å². The molecule has 0 radical (unpaired) electrons. The summed E-state index contributed by atoms with van der Waals surface area (Å²) in [6.45, 7) is 2.22. The maximum absolute atomic E-state index is 13.5. The van der Waals surface area contributed by atoms with Crippen molar-refractivity contribution < 1.29 is 9.18 Å². The van der Waals surface area contributed by atoms with Crippen molar-refractivity contribution in [2.24, 2.45) is 0 Å². The summed E-state index contributed by atoms with van der Waals surface area (Å²) in [5, 5.41) is 5.89. The zero-order chi connectivity index (χ0) is 17.2. The van der Waals surface area contributed by atoms with Gasteiger partial charge in [-0.3, -0.25) is 4.79 Å². The second-order valence-electron chi connectivity index (χ2n) is 6.44. The van der Waals surface area contributed by atoms with Crippen molar-refractivity contribution in [2.75, 3.05) is 28.6 Å². The van der Waals surface area contributed by atoms with Crippen molar-refractivity contribution in [3.8, 4) is 0 Å². The van der Waals surface area contributed by atoms with Crippen LogP contribution in [-0.2, 0) is 4.79 Å². The number of piperidine rings is 1. The molecule has 2 N–H and O–H groups in total. The van der Waals surface area contributed by atoms with Gasteiger partial charge in [-0.2, -0.15) is 0 Å². The van der Waals surface area contributed by atoms with Gasteiger partial charge in [0.25, 0.3) is 5.91 Å². The number of nitrogens with zero attached hydrogens (tertiary/aromatic N) is 1. The first-order valence-electron chi connectivity index (χ1n) is 8.64. The Balaban J connectivity index is 1.50. The summed E-state index contributed by atoms with van der Waals surface area (Å²) in [4.78, 5) is 14.5. The Morgan fingerprint density at radius 1 is 1.04 bits per heavy atom. The first-order chi connectivity index (χ1) is 12.2. The Kier molecular flexibility index (Phi) is 4.14. The van der Waals surface area contributed by atoms with Crippen molar-refractivity contribution >= 4 is 28.5 Å². The van der Waals surface area contributed by atoms with Crippen molar-refractivity contribution in [1.29, 1.82) is 0 Å². The van der Waals surface area contributed by atoms with E-state index < -0.39 is 0 Å². The number of rotatable bonds is 3. The minimum absolute atomic E-state index is 0.224. The SMILES string of the molecule is O=C1Nc2ccc(F)cc2C1=CNc1ccc(N2CCCCC2)cc1. The lowest BCUT2D eigenvalue weighted by molar-refractivity contribution is -0.110. The van der Waals surface area contributed by atoms with Crippen LogP contribution in [0.4, 0.5) is 21.5 Å². The summed E-state index contributed by atoms with van der Waals surface area (Å²) in [6.07, 6.45) is 5.44. The predicted octanol–water partition coefficient (Wildman–Crippen LogP) is 4.22. The van der Waals surface area contributed by atoms with E-state index in [9.17, 15) is 9.18 Å². The monoisotopic (exact) mass is 337 g/mol. The lowest BCUT2D eigenvalue weighted by Crippen LogP contribution is -2.29. The molecule has 2 aliphatic rings. The van der Waals surface area contributed by atoms with E-state index in [1.165, 1.54) is 37.1 Å². The number of carbonyl (C=O) groups excluding carboxylic acids is 1. The quantitative estimate of drug-likeness (QED) is 0.824. The first-order valence-corrected chi connectivity index (χ1v) is 8.64. The molecule has 4 nitrogen and oxygen atoms in total. The average Bonchev–Trinajstić information content (AvgIpc) is 2.96. The fourth-order valence-electron chi connectivity index (χ4n) is 3.38. The molecule has 1 saturated heterocycles. The summed E-state index contributed by atoms with van der Waals surface area (Å²) in [5.41, 5.74) is 3.78. The van der Waals surface area contributed by atoms with E-state index in [1.807, 2.05) is 12.1 Å². The van der Waals surface area contributed by atoms with Crippen LogP contribution in [0.1, 0.15) is 24.8 Å². The normalized spacial score (nSPS) is 18.2. The smallest absolute Gasteiger partial charge is 0.257 e. The van der Waals surface area contributed by atoms with Gasteiger partial charge in [-0.1, -0.05) is 0 Å². The fourth-order valence-corrected chi connectivity index (χ4v) is 3.38. The molecule has 128 valence electrons. The highest BCUT2D eigenvalue weighted by molar-refractivity contribution is 6.31. The van der Waals surface area contributed by atoms with Crippen LogP contribution in [0.15, 0.2) is 48.7 Å². The Morgan fingerprint density at radius 3 is 2.56 bits per heavy atom. The van der Waals surface area contributed by atoms with Crippen LogP contribution >= 0.6 is 0 Å². The van der Waals surface area contributed by atoms with Crippen molar-refractivity contribution in [2.45, 2.75) is 19.3 Å². The van der Waals surface area contributed by atoms with Gasteiger partial charge in [0, 0.05) is 41.9 Å². The zero-order valence-electron chi connectivity index (χ0n) is 13.9. The van der Waals surface area contributed by atoms with Crippen LogP contribution in [0.2, 0.25) is 0 Å². The highest BCUT2D eigenvalue weighted by atomic mass is 19.1. The molecule has 2 aliphatic heterocycles. The molecule has 0 aliphatic carbocycles. The van der Waals surface area contributed by atoms with Crippen LogP contribution in [0.3, 0.4) is 0 Å². The third-order valence-corrected chi connectivity index (χ3v) is 4.74. The summed E-state index contributed by atoms with van der Waals surface area (Å²) in [7, 11) is 0. The van der Waals surface area contributed by atoms with E-state index in [2.05, 4.69) is 27.7 Å². The predicted molar refractivity (Wildman–Crippen MR) is 99.1 cm³/mol. The third kappa shape index (κ3) is 3.22. The number of amides is 1. The van der Waals surface area contributed by atoms with Gasteiger partial charge in [0.2, 0.25) is 0 Å². The van der Waals surface area contributed by atoms with Gasteiger partial charge in [0.15, 0.2) is 0 Å². The lowest BCUT2D eigenvalue weighted by Gasteiger charge is -2.28. The molecule has 1 fully saturated rings. The number of benzene rings is 2. The molecule has 4 rings (SSSR count). The molecule has 2 heterocycles. The van der Waals surface area contributed by atoms with E-state index >= 15 is 0 Å². The fraction of sp³-hybridized carbons (Fsp3) is 0.250. The second-order valence-corrected chi connectivity index (χ2v) is 6.44. The number of hydrogen-bond acceptors (Lipinski definition) is 3. The lowest BCUT2D eigenvalue weighted by atomic mass is 10.1. The molecule has 25 heavy (non-hydrogen) atoms. The summed E-state index contributed by atoms with van der Waals surface area (Å²) < 4.78 is 13.5. The summed E-state index contributed by atoms with van der Waals surface area (Å²) >= 11 is 0. The summed E-state index contributed by atoms with van der Waals surface area (Å²) in [6, 6.07) is 12.5. The molecule has 0 atom stereocenters. The van der Waals surface area contributed by atoms with Crippen LogP contribution in [0.5, 0.6) is 0 Å². The van der Waals surface area contributed by atoms with Crippen molar-refractivity contribution in [3.63, 3.8) is 0 Å². The van der Waals surface area contributed by atoms with Crippen LogP contribution in [-0.4, -0.2) is 19.0 Å². The van der Waals surface area contributed by atoms with Crippen LogP contribution in [0, 0.1) is 5.82 Å². The van der Waals surface area contributed by atoms with Crippen molar-refractivity contribution in [3.05, 3.63) is 60.0 Å². The molecule has 0 aromatic heterocycles. The Bertz CT molecular complexity index is 823. The molecule has 0 spiro atoms. The van der Waals surface area contributed by atoms with E-state index in [0.717, 1.165) is 18.8 Å². The Labute approximate surface area is 146 Å². The number of halogens is 1. The highest BCUT2D eigenvalue weighted by Crippen LogP contribution is 2.32. The largest absolute Gasteiger partial charge is 0.372 e. The molecular formula is C20H20FN3O. The summed E-state index contributed by atoms with van der Waals surface area (Å²) in [5.74, 6) is -0.579. The molecule has 2 aromatic carbocycles. The number of anilines is 3. The topological polar surface area (TPSA) is 44.4 Å². The van der Waals surface area contributed by atoms with Gasteiger partial charge in [0.05, 0.1) is 5.57 Å². The number of carbonyl (C=O) groups is 1. The third-order valence-electron chi connectivity index (χ3n) is 4.74. The molecular weight excluding hydrogens is 317 g/mol. The zero-order valence-corrected chi connectivity index (χ0v) is 13.9. The standard InChI is InChI=1S/C20H20FN3O/c21-14-4-9-19-17(12-14)18(20(25)23-19)13-22-15-5-7-16(8-6-15)24-10-2-1-3-11-24/h4-9,12-13,22H,1-3,10-11H2,(H,23,25). The van der Waals surface area contributed by atoms with Gasteiger partial charge >= 0.3 is 0 Å². The number of hydrogen-bond donors (Lipinski definition) is 2. The highest BCUT2D eigenvalue weighted by Gasteiger charge is 2.24. The Morgan fingerprint density at radius 2 is 1.80 bits per heavy atom. The van der Waals surface area contributed by atoms with E-state index in [0.29, 0.717) is 16.8 Å². The molecule has 2 aromatic rings. The van der Waals surface area contributed by atoms with Crippen LogP contribution in [0.25, 0.3) is 5.57 Å². The van der Waals surface area contributed by atoms with Gasteiger partial charge in [-0.25, -0.2) is 4.39 Å². The minimum atomic E-state index is -0.355.